The molecule has 0 aliphatic rings. The Morgan fingerprint density at radius 1 is 0.882 bits per heavy atom. The van der Waals surface area contributed by atoms with Crippen molar-refractivity contribution in [2.45, 2.75) is 25.3 Å². The zero-order valence-electron chi connectivity index (χ0n) is 18.5. The van der Waals surface area contributed by atoms with Crippen LogP contribution in [0, 0.1) is 0 Å². The summed E-state index contributed by atoms with van der Waals surface area (Å²) in [5.74, 6) is -1.92. The number of hydrogen-bond donors (Lipinski definition) is 4. The average molecular weight is 456 g/mol. The second kappa shape index (κ2) is 10.5. The minimum atomic E-state index is -1.14. The molecule has 0 fully saturated rings. The summed E-state index contributed by atoms with van der Waals surface area (Å²) in [6.45, 7) is 0. The molecule has 7 heteroatoms. The van der Waals surface area contributed by atoms with Crippen LogP contribution in [0.2, 0.25) is 0 Å². The van der Waals surface area contributed by atoms with Crippen molar-refractivity contribution in [2.75, 3.05) is 5.32 Å². The fourth-order valence-electron chi connectivity index (χ4n) is 3.86. The van der Waals surface area contributed by atoms with Gasteiger partial charge in [-0.25, -0.2) is 4.79 Å². The molecule has 2 amide bonds. The molecule has 4 N–H and O–H groups in total. The van der Waals surface area contributed by atoms with Crippen LogP contribution in [0.1, 0.15) is 27.9 Å². The Hall–Kier alpha value is -4.39. The van der Waals surface area contributed by atoms with Gasteiger partial charge in [0.25, 0.3) is 5.91 Å². The lowest BCUT2D eigenvalue weighted by atomic mass is 10.0. The van der Waals surface area contributed by atoms with Crippen LogP contribution in [0.25, 0.3) is 10.9 Å². The quantitative estimate of drug-likeness (QED) is 0.304. The number of para-hydroxylation sites is 2. The number of carbonyl (C=O) groups excluding carboxylic acids is 2. The van der Waals surface area contributed by atoms with Gasteiger partial charge in [0, 0.05) is 29.9 Å². The van der Waals surface area contributed by atoms with Gasteiger partial charge in [0.05, 0.1) is 11.3 Å². The molecule has 3 aromatic carbocycles. The summed E-state index contributed by atoms with van der Waals surface area (Å²) in [7, 11) is 0. The largest absolute Gasteiger partial charge is 0.480 e. The Bertz CT molecular complexity index is 1310. The summed E-state index contributed by atoms with van der Waals surface area (Å²) < 4.78 is 0. The first-order valence-electron chi connectivity index (χ1n) is 11.0. The van der Waals surface area contributed by atoms with E-state index in [0.717, 1.165) is 22.0 Å². The van der Waals surface area contributed by atoms with E-state index in [2.05, 4.69) is 15.6 Å². The van der Waals surface area contributed by atoms with Crippen molar-refractivity contribution < 1.29 is 19.5 Å². The molecule has 0 aliphatic heterocycles. The van der Waals surface area contributed by atoms with Gasteiger partial charge in [-0.15, -0.1) is 0 Å². The number of nitrogens with one attached hydrogen (secondary N) is 3. The standard InChI is InChI=1S/C27H25N3O4/c31-25(15-14-18-8-2-1-3-9-18)29-23-13-7-5-11-21(23)26(32)30-24(27(33)34)16-19-17-28-22-12-6-4-10-20(19)22/h1-13,17,24,28H,14-16H2,(H,29,31)(H,30,32)(H,33,34)/t24-/m1/s1. The number of carboxylic acids is 1. The van der Waals surface area contributed by atoms with Crippen molar-refractivity contribution >= 4 is 34.4 Å². The van der Waals surface area contributed by atoms with Crippen molar-refractivity contribution in [3.8, 4) is 0 Å². The van der Waals surface area contributed by atoms with E-state index in [1.165, 1.54) is 0 Å². The van der Waals surface area contributed by atoms with Gasteiger partial charge in [-0.3, -0.25) is 9.59 Å². The van der Waals surface area contributed by atoms with Crippen LogP contribution in [0.4, 0.5) is 5.69 Å². The molecular weight excluding hydrogens is 430 g/mol. The Kier molecular flexibility index (Phi) is 7.03. The molecule has 34 heavy (non-hydrogen) atoms. The van der Waals surface area contributed by atoms with Crippen molar-refractivity contribution in [1.82, 2.24) is 10.3 Å². The van der Waals surface area contributed by atoms with Gasteiger partial charge in [0.15, 0.2) is 0 Å². The van der Waals surface area contributed by atoms with Crippen molar-refractivity contribution in [3.05, 3.63) is 102 Å². The van der Waals surface area contributed by atoms with E-state index in [9.17, 15) is 19.5 Å². The number of rotatable bonds is 9. The summed E-state index contributed by atoms with van der Waals surface area (Å²) in [6.07, 6.45) is 2.72. The molecular formula is C27H25N3O4. The minimum absolute atomic E-state index is 0.122. The SMILES string of the molecule is O=C(CCc1ccccc1)Nc1ccccc1C(=O)N[C@H](Cc1c[nH]c2ccccc12)C(=O)O. The van der Waals surface area contributed by atoms with Crippen LogP contribution in [-0.4, -0.2) is 33.9 Å². The minimum Gasteiger partial charge on any atom is -0.480 e. The van der Waals surface area contributed by atoms with Gasteiger partial charge in [-0.05, 0) is 35.7 Å². The number of amides is 2. The first-order chi connectivity index (χ1) is 16.5. The van der Waals surface area contributed by atoms with Crippen LogP contribution in [0.15, 0.2) is 85.1 Å². The molecule has 0 radical (unpaired) electrons. The van der Waals surface area contributed by atoms with E-state index in [0.29, 0.717) is 12.1 Å². The number of carboxylic acid groups (broad SMARTS) is 1. The second-order valence-corrected chi connectivity index (χ2v) is 8.01. The maximum Gasteiger partial charge on any atom is 0.326 e. The van der Waals surface area contributed by atoms with E-state index >= 15 is 0 Å². The predicted molar refractivity (Wildman–Crippen MR) is 131 cm³/mol. The monoisotopic (exact) mass is 455 g/mol. The molecule has 0 aliphatic carbocycles. The van der Waals surface area contributed by atoms with Gasteiger partial charge in [0.2, 0.25) is 5.91 Å². The summed E-state index contributed by atoms with van der Waals surface area (Å²) >= 11 is 0. The lowest BCUT2D eigenvalue weighted by Crippen LogP contribution is -2.42. The second-order valence-electron chi connectivity index (χ2n) is 8.01. The molecule has 4 aromatic rings. The third kappa shape index (κ3) is 5.50. The number of hydrogen-bond acceptors (Lipinski definition) is 3. The van der Waals surface area contributed by atoms with Gasteiger partial charge < -0.3 is 20.7 Å². The zero-order valence-corrected chi connectivity index (χ0v) is 18.5. The highest BCUT2D eigenvalue weighted by Crippen LogP contribution is 2.20. The van der Waals surface area contributed by atoms with Gasteiger partial charge in [0.1, 0.15) is 6.04 Å². The van der Waals surface area contributed by atoms with Gasteiger partial charge in [-0.1, -0.05) is 60.7 Å². The normalized spacial score (nSPS) is 11.6. The third-order valence-corrected chi connectivity index (χ3v) is 5.63. The highest BCUT2D eigenvalue weighted by Gasteiger charge is 2.24. The molecule has 0 saturated carbocycles. The van der Waals surface area contributed by atoms with E-state index in [-0.39, 0.29) is 24.3 Å². The zero-order chi connectivity index (χ0) is 23.9. The maximum absolute atomic E-state index is 13.0. The molecule has 172 valence electrons. The van der Waals surface area contributed by atoms with Crippen LogP contribution in [0.5, 0.6) is 0 Å². The molecule has 0 saturated heterocycles. The number of benzene rings is 3. The molecule has 7 nitrogen and oxygen atoms in total. The predicted octanol–water partition coefficient (Wildman–Crippen LogP) is 4.16. The van der Waals surface area contributed by atoms with Crippen LogP contribution in [-0.2, 0) is 22.4 Å². The number of anilines is 1. The molecule has 1 aromatic heterocycles. The first kappa shape index (κ1) is 22.8. The van der Waals surface area contributed by atoms with Crippen molar-refractivity contribution in [1.29, 1.82) is 0 Å². The van der Waals surface area contributed by atoms with E-state index in [1.54, 1.807) is 30.5 Å². The first-order valence-corrected chi connectivity index (χ1v) is 11.0. The Balaban J connectivity index is 1.44. The van der Waals surface area contributed by atoms with Gasteiger partial charge >= 0.3 is 5.97 Å². The molecule has 1 atom stereocenters. The number of H-pyrrole nitrogens is 1. The summed E-state index contributed by atoms with van der Waals surface area (Å²) in [5, 5.41) is 16.0. The van der Waals surface area contributed by atoms with E-state index < -0.39 is 17.9 Å². The van der Waals surface area contributed by atoms with Gasteiger partial charge in [-0.2, -0.15) is 0 Å². The highest BCUT2D eigenvalue weighted by molar-refractivity contribution is 6.04. The van der Waals surface area contributed by atoms with E-state index in [1.807, 2.05) is 54.6 Å². The third-order valence-electron chi connectivity index (χ3n) is 5.63. The summed E-state index contributed by atoms with van der Waals surface area (Å²) in [4.78, 5) is 40.5. The smallest absolute Gasteiger partial charge is 0.326 e. The molecule has 0 spiro atoms. The maximum atomic E-state index is 13.0. The van der Waals surface area contributed by atoms with Crippen LogP contribution < -0.4 is 10.6 Å². The lowest BCUT2D eigenvalue weighted by molar-refractivity contribution is -0.139. The molecule has 1 heterocycles. The number of aromatic nitrogens is 1. The number of aromatic amines is 1. The Morgan fingerprint density at radius 3 is 2.38 bits per heavy atom. The molecule has 0 bridgehead atoms. The topological polar surface area (TPSA) is 111 Å². The Labute approximate surface area is 196 Å². The van der Waals surface area contributed by atoms with Crippen molar-refractivity contribution in [3.63, 3.8) is 0 Å². The van der Waals surface area contributed by atoms with E-state index in [4.69, 9.17) is 0 Å². The molecule has 4 rings (SSSR count). The number of fused-ring (bicyclic) bond motifs is 1. The Morgan fingerprint density at radius 2 is 1.59 bits per heavy atom. The van der Waals surface area contributed by atoms with Crippen LogP contribution >= 0.6 is 0 Å². The summed E-state index contributed by atoms with van der Waals surface area (Å²) in [5.41, 5.74) is 3.29. The fraction of sp³-hybridized carbons (Fsp3) is 0.148. The molecule has 0 unspecified atom stereocenters. The average Bonchev–Trinajstić information content (AvgIpc) is 3.26. The fourth-order valence-corrected chi connectivity index (χ4v) is 3.86. The highest BCUT2D eigenvalue weighted by atomic mass is 16.4. The number of aryl methyl sites for hydroxylation is 1. The summed E-state index contributed by atoms with van der Waals surface area (Å²) in [6, 6.07) is 22.7. The van der Waals surface area contributed by atoms with Crippen LogP contribution in [0.3, 0.4) is 0 Å². The number of carbonyl (C=O) groups is 3. The lowest BCUT2D eigenvalue weighted by Gasteiger charge is -2.16. The number of aliphatic carboxylic acids is 1. The van der Waals surface area contributed by atoms with Crippen molar-refractivity contribution in [2.24, 2.45) is 0 Å².